The van der Waals surface area contributed by atoms with Gasteiger partial charge in [0.15, 0.2) is 12.2 Å². The number of rotatable bonds is 9. The van der Waals surface area contributed by atoms with Gasteiger partial charge < -0.3 is 28.4 Å². The van der Waals surface area contributed by atoms with Crippen LogP contribution < -0.4 is 0 Å². The molecule has 0 spiro atoms. The van der Waals surface area contributed by atoms with E-state index in [1.165, 1.54) is 0 Å². The van der Waals surface area contributed by atoms with Crippen molar-refractivity contribution in [3.63, 3.8) is 0 Å². The summed E-state index contributed by atoms with van der Waals surface area (Å²) in [5.74, 6) is -2.93. The monoisotopic (exact) mass is 498 g/mol. The molecule has 34 heavy (non-hydrogen) atoms. The molecule has 186 valence electrons. The van der Waals surface area contributed by atoms with Crippen molar-refractivity contribution < 1.29 is 47.6 Å². The van der Waals surface area contributed by atoms with Crippen molar-refractivity contribution in [3.05, 3.63) is 47.0 Å². The second-order valence-corrected chi connectivity index (χ2v) is 7.82. The van der Waals surface area contributed by atoms with Gasteiger partial charge in [-0.05, 0) is 23.3 Å². The number of hydrogen-bond acceptors (Lipinski definition) is 10. The SMILES string of the molecule is C=CCOCc1cc([C@@H]2OC(OC(C)=O)[C@@H](OC(C)=O)[C@H](OC(C)=O)[C@H]2OC(C)=O)ccc1Cl. The largest absolute Gasteiger partial charge is 0.455 e. The van der Waals surface area contributed by atoms with Crippen molar-refractivity contribution in [2.75, 3.05) is 6.61 Å². The van der Waals surface area contributed by atoms with Gasteiger partial charge in [0.2, 0.25) is 12.4 Å². The number of benzene rings is 1. The molecule has 0 saturated carbocycles. The quantitative estimate of drug-likeness (QED) is 0.217. The van der Waals surface area contributed by atoms with Crippen LogP contribution in [0, 0.1) is 0 Å². The first-order chi connectivity index (χ1) is 16.0. The van der Waals surface area contributed by atoms with Gasteiger partial charge in [-0.2, -0.15) is 0 Å². The Morgan fingerprint density at radius 2 is 1.47 bits per heavy atom. The summed E-state index contributed by atoms with van der Waals surface area (Å²) in [4.78, 5) is 47.3. The number of esters is 4. The Balaban J connectivity index is 2.56. The first-order valence-corrected chi connectivity index (χ1v) is 10.7. The highest BCUT2D eigenvalue weighted by atomic mass is 35.5. The fourth-order valence-electron chi connectivity index (χ4n) is 3.44. The lowest BCUT2D eigenvalue weighted by Crippen LogP contribution is -2.59. The Morgan fingerprint density at radius 1 is 0.912 bits per heavy atom. The molecule has 1 heterocycles. The van der Waals surface area contributed by atoms with E-state index in [-0.39, 0.29) is 6.61 Å². The van der Waals surface area contributed by atoms with Crippen molar-refractivity contribution in [1.82, 2.24) is 0 Å². The minimum atomic E-state index is -1.46. The molecule has 10 nitrogen and oxygen atoms in total. The summed E-state index contributed by atoms with van der Waals surface area (Å²) in [6.45, 7) is 8.60. The molecular formula is C23H27ClO10. The van der Waals surface area contributed by atoms with E-state index in [1.54, 1.807) is 24.3 Å². The van der Waals surface area contributed by atoms with Crippen molar-refractivity contribution in [2.24, 2.45) is 0 Å². The molecule has 11 heteroatoms. The maximum absolute atomic E-state index is 11.9. The number of ether oxygens (including phenoxy) is 6. The molecule has 1 aromatic carbocycles. The maximum Gasteiger partial charge on any atom is 0.305 e. The van der Waals surface area contributed by atoms with Crippen LogP contribution in [0.4, 0.5) is 0 Å². The van der Waals surface area contributed by atoms with Gasteiger partial charge in [0.25, 0.3) is 0 Å². The summed E-state index contributed by atoms with van der Waals surface area (Å²) in [7, 11) is 0. The van der Waals surface area contributed by atoms with Gasteiger partial charge in [0.05, 0.1) is 13.2 Å². The van der Waals surface area contributed by atoms with E-state index in [9.17, 15) is 19.2 Å². The van der Waals surface area contributed by atoms with E-state index < -0.39 is 54.6 Å². The molecule has 1 aromatic rings. The molecule has 0 aliphatic carbocycles. The molecule has 0 radical (unpaired) electrons. The lowest BCUT2D eigenvalue weighted by molar-refractivity contribution is -0.298. The fraction of sp³-hybridized carbons (Fsp3) is 0.478. The van der Waals surface area contributed by atoms with Gasteiger partial charge in [0, 0.05) is 32.7 Å². The maximum atomic E-state index is 11.9. The molecule has 1 aliphatic heterocycles. The van der Waals surface area contributed by atoms with E-state index in [2.05, 4.69) is 6.58 Å². The lowest BCUT2D eigenvalue weighted by Gasteiger charge is -2.44. The minimum absolute atomic E-state index is 0.153. The first-order valence-electron chi connectivity index (χ1n) is 10.3. The van der Waals surface area contributed by atoms with Crippen LogP contribution in [0.2, 0.25) is 5.02 Å². The van der Waals surface area contributed by atoms with Crippen molar-refractivity contribution >= 4 is 35.5 Å². The van der Waals surface area contributed by atoms with Crippen LogP contribution in [-0.2, 0) is 54.2 Å². The second kappa shape index (κ2) is 12.5. The average Bonchev–Trinajstić information content (AvgIpc) is 2.72. The minimum Gasteiger partial charge on any atom is -0.455 e. The zero-order valence-corrected chi connectivity index (χ0v) is 20.0. The number of carbonyl (C=O) groups excluding carboxylic acids is 4. The molecule has 0 amide bonds. The van der Waals surface area contributed by atoms with E-state index in [0.717, 1.165) is 27.7 Å². The van der Waals surface area contributed by atoms with Crippen LogP contribution >= 0.6 is 11.6 Å². The average molecular weight is 499 g/mol. The Labute approximate surface area is 202 Å². The summed E-state index contributed by atoms with van der Waals surface area (Å²) < 4.78 is 32.7. The van der Waals surface area contributed by atoms with E-state index >= 15 is 0 Å². The molecule has 1 fully saturated rings. The predicted octanol–water partition coefficient (Wildman–Crippen LogP) is 2.80. The van der Waals surface area contributed by atoms with Gasteiger partial charge in [-0.3, -0.25) is 19.2 Å². The van der Waals surface area contributed by atoms with Crippen LogP contribution in [0.1, 0.15) is 44.9 Å². The van der Waals surface area contributed by atoms with E-state index in [0.29, 0.717) is 22.8 Å². The smallest absolute Gasteiger partial charge is 0.305 e. The standard InChI is InChI=1S/C23H27ClO10/c1-6-9-29-11-17-10-16(7-8-18(17)24)19-20(30-12(2)25)21(31-13(3)26)22(32-14(4)27)23(34-19)33-15(5)28/h6-8,10,19-23H,1,9,11H2,2-5H3/t19-,20-,21+,22-,23?/m0/s1. The molecule has 5 atom stereocenters. The van der Waals surface area contributed by atoms with Crippen molar-refractivity contribution in [2.45, 2.75) is 65.0 Å². The van der Waals surface area contributed by atoms with Crippen LogP contribution in [-0.4, -0.2) is 55.1 Å². The predicted molar refractivity (Wildman–Crippen MR) is 117 cm³/mol. The second-order valence-electron chi connectivity index (χ2n) is 7.41. The van der Waals surface area contributed by atoms with Gasteiger partial charge in [-0.1, -0.05) is 23.7 Å². The molecule has 1 unspecified atom stereocenters. The molecule has 0 aromatic heterocycles. The van der Waals surface area contributed by atoms with Crippen LogP contribution in [0.15, 0.2) is 30.9 Å². The summed E-state index contributed by atoms with van der Waals surface area (Å²) in [5, 5.41) is 0.415. The van der Waals surface area contributed by atoms with Crippen molar-refractivity contribution in [3.8, 4) is 0 Å². The summed E-state index contributed by atoms with van der Waals surface area (Å²) in [6.07, 6.45) is -4.95. The fourth-order valence-corrected chi connectivity index (χ4v) is 3.61. The number of carbonyl (C=O) groups is 4. The molecule has 1 aliphatic rings. The van der Waals surface area contributed by atoms with Gasteiger partial charge in [-0.15, -0.1) is 6.58 Å². The van der Waals surface area contributed by atoms with Gasteiger partial charge in [-0.25, -0.2) is 0 Å². The zero-order valence-electron chi connectivity index (χ0n) is 19.3. The van der Waals surface area contributed by atoms with Crippen LogP contribution in [0.5, 0.6) is 0 Å². The van der Waals surface area contributed by atoms with Crippen LogP contribution in [0.3, 0.4) is 0 Å². The molecule has 0 N–H and O–H groups in total. The number of halogens is 1. The lowest BCUT2D eigenvalue weighted by atomic mass is 9.92. The summed E-state index contributed by atoms with van der Waals surface area (Å²) in [6, 6.07) is 4.87. The Morgan fingerprint density at radius 3 is 2.03 bits per heavy atom. The zero-order chi connectivity index (χ0) is 25.4. The molecule has 1 saturated heterocycles. The van der Waals surface area contributed by atoms with E-state index in [4.69, 9.17) is 40.0 Å². The highest BCUT2D eigenvalue weighted by Crippen LogP contribution is 2.39. The first kappa shape index (κ1) is 27.3. The van der Waals surface area contributed by atoms with Gasteiger partial charge in [0.1, 0.15) is 6.10 Å². The third kappa shape index (κ3) is 7.54. The Kier molecular flexibility index (Phi) is 10.0. The normalized spacial score (nSPS) is 24.0. The topological polar surface area (TPSA) is 124 Å². The highest BCUT2D eigenvalue weighted by molar-refractivity contribution is 6.31. The van der Waals surface area contributed by atoms with Crippen LogP contribution in [0.25, 0.3) is 0 Å². The molecule has 0 bridgehead atoms. The van der Waals surface area contributed by atoms with Gasteiger partial charge >= 0.3 is 23.9 Å². The third-order valence-electron chi connectivity index (χ3n) is 4.57. The highest BCUT2D eigenvalue weighted by Gasteiger charge is 2.53. The van der Waals surface area contributed by atoms with Crippen molar-refractivity contribution in [1.29, 1.82) is 0 Å². The third-order valence-corrected chi connectivity index (χ3v) is 4.94. The molecular weight excluding hydrogens is 472 g/mol. The Hall–Kier alpha value is -2.95. The number of hydrogen-bond donors (Lipinski definition) is 0. The van der Waals surface area contributed by atoms with E-state index in [1.807, 2.05) is 0 Å². The molecule has 2 rings (SSSR count). The summed E-state index contributed by atoms with van der Waals surface area (Å²) >= 11 is 6.28. The summed E-state index contributed by atoms with van der Waals surface area (Å²) in [5.41, 5.74) is 1.06. The Bertz CT molecular complexity index is 930.